The van der Waals surface area contributed by atoms with Crippen LogP contribution in [0.25, 0.3) is 0 Å². The summed E-state index contributed by atoms with van der Waals surface area (Å²) in [5.74, 6) is -5.75. The molecule has 0 fully saturated rings. The Hall–Kier alpha value is -2.77. The molecule has 0 saturated carbocycles. The van der Waals surface area contributed by atoms with Crippen LogP contribution in [0.2, 0.25) is 0 Å². The van der Waals surface area contributed by atoms with E-state index in [1.54, 1.807) is 0 Å². The van der Waals surface area contributed by atoms with Crippen LogP contribution in [-0.2, 0) is 46.1 Å². The van der Waals surface area contributed by atoms with Gasteiger partial charge in [0.25, 0.3) is 0 Å². The second kappa shape index (κ2) is 17.6. The summed E-state index contributed by atoms with van der Waals surface area (Å²) in [7, 11) is 0. The Bertz CT molecular complexity index is 484. The van der Waals surface area contributed by atoms with Gasteiger partial charge in [-0.25, -0.2) is 0 Å². The number of carboxylic acid groups (broad SMARTS) is 3. The molecule has 3 atom stereocenters. The smallest absolute Gasteiger partial charge is 0.321 e. The molecule has 0 saturated heterocycles. The van der Waals surface area contributed by atoms with Crippen molar-refractivity contribution >= 4 is 35.6 Å². The molecule has 3 unspecified atom stereocenters. The Morgan fingerprint density at radius 2 is 0.679 bits per heavy atom. The molecule has 15 nitrogen and oxygen atoms in total. The molecule has 0 aliphatic heterocycles. The van der Waals surface area contributed by atoms with E-state index in [1.807, 2.05) is 0 Å². The first kappa shape index (κ1) is 32.9. The summed E-state index contributed by atoms with van der Waals surface area (Å²) in [6.45, 7) is 0. The molecule has 0 radical (unpaired) electrons. The van der Waals surface area contributed by atoms with Crippen LogP contribution < -0.4 is 34.4 Å². The van der Waals surface area contributed by atoms with E-state index < -0.39 is 53.8 Å². The molecular formula is C12H24CrN6O9. The van der Waals surface area contributed by atoms with E-state index in [0.29, 0.717) is 0 Å². The first-order chi connectivity index (χ1) is 12.1. The van der Waals surface area contributed by atoms with Crippen molar-refractivity contribution < 1.29 is 61.4 Å². The molecular weight excluding hydrogens is 424 g/mol. The van der Waals surface area contributed by atoms with E-state index in [4.69, 9.17) is 32.5 Å². The van der Waals surface area contributed by atoms with Gasteiger partial charge in [0.1, 0.15) is 18.1 Å². The van der Waals surface area contributed by atoms with Crippen molar-refractivity contribution in [1.82, 2.24) is 0 Å². The Morgan fingerprint density at radius 3 is 0.714 bits per heavy atom. The van der Waals surface area contributed by atoms with Gasteiger partial charge in [-0.2, -0.15) is 0 Å². The normalized spacial score (nSPS) is 12.1. The second-order valence-corrected chi connectivity index (χ2v) is 4.85. The van der Waals surface area contributed by atoms with Gasteiger partial charge in [-0.1, -0.05) is 0 Å². The minimum Gasteiger partial charge on any atom is -0.480 e. The van der Waals surface area contributed by atoms with E-state index in [0.717, 1.165) is 0 Å². The fraction of sp³-hybridized carbons (Fsp3) is 0.500. The molecule has 0 spiro atoms. The van der Waals surface area contributed by atoms with Crippen LogP contribution in [0.15, 0.2) is 0 Å². The summed E-state index contributed by atoms with van der Waals surface area (Å²) in [5.41, 5.74) is 28.7. The second-order valence-electron chi connectivity index (χ2n) is 4.85. The number of amides is 3. The average Bonchev–Trinajstić information content (AvgIpc) is 2.46. The summed E-state index contributed by atoms with van der Waals surface area (Å²) in [5, 5.41) is 24.3. The molecule has 3 amide bonds. The fourth-order valence-electron chi connectivity index (χ4n) is 0.912. The molecule has 0 aliphatic rings. The van der Waals surface area contributed by atoms with Gasteiger partial charge in [-0.05, 0) is 0 Å². The van der Waals surface area contributed by atoms with Crippen LogP contribution >= 0.6 is 0 Å². The van der Waals surface area contributed by atoms with Crippen LogP contribution in [0.5, 0.6) is 0 Å². The van der Waals surface area contributed by atoms with Gasteiger partial charge in [0, 0.05) is 17.4 Å². The van der Waals surface area contributed by atoms with Crippen LogP contribution in [0, 0.1) is 0 Å². The van der Waals surface area contributed by atoms with Crippen molar-refractivity contribution in [1.29, 1.82) is 0 Å². The standard InChI is InChI=1S/3C4H8N2O3.Cr/c3*5-2(4(8)9)1-3(6)7;/h3*2H,1,5H2,(H2,6,7)(H,8,9);. The van der Waals surface area contributed by atoms with Crippen molar-refractivity contribution in [2.75, 3.05) is 0 Å². The SMILES string of the molecule is NC(=O)CC(N)C(=O)O.NC(=O)CC(N)C(=O)O.NC(=O)CC(N)C(=O)O.[Cr]. The van der Waals surface area contributed by atoms with Crippen LogP contribution in [0.4, 0.5) is 0 Å². The monoisotopic (exact) mass is 448 g/mol. The average molecular weight is 448 g/mol. The Morgan fingerprint density at radius 1 is 0.536 bits per heavy atom. The number of carboxylic acids is 3. The van der Waals surface area contributed by atoms with Gasteiger partial charge in [0.05, 0.1) is 19.3 Å². The molecule has 16 heteroatoms. The maximum atomic E-state index is 9.99. The molecule has 0 bridgehead atoms. The number of rotatable bonds is 9. The van der Waals surface area contributed by atoms with Gasteiger partial charge >= 0.3 is 17.9 Å². The summed E-state index contributed by atoms with van der Waals surface area (Å²) < 4.78 is 0. The van der Waals surface area contributed by atoms with E-state index in [9.17, 15) is 28.8 Å². The molecule has 0 aromatic carbocycles. The summed E-state index contributed by atoms with van der Waals surface area (Å²) >= 11 is 0. The van der Waals surface area contributed by atoms with Crippen LogP contribution in [-0.4, -0.2) is 69.1 Å². The molecule has 0 rings (SSSR count). The van der Waals surface area contributed by atoms with Crippen molar-refractivity contribution in [3.05, 3.63) is 0 Å². The van der Waals surface area contributed by atoms with E-state index in [2.05, 4.69) is 17.2 Å². The molecule has 0 aliphatic carbocycles. The van der Waals surface area contributed by atoms with E-state index in [1.165, 1.54) is 0 Å². The Balaban J connectivity index is -0.000000152. The molecule has 162 valence electrons. The molecule has 15 N–H and O–H groups in total. The third-order valence-electron chi connectivity index (χ3n) is 2.21. The maximum Gasteiger partial charge on any atom is 0.321 e. The predicted molar refractivity (Wildman–Crippen MR) is 88.3 cm³/mol. The van der Waals surface area contributed by atoms with Crippen LogP contribution in [0.1, 0.15) is 19.3 Å². The molecule has 28 heavy (non-hydrogen) atoms. The van der Waals surface area contributed by atoms with Gasteiger partial charge < -0.3 is 49.7 Å². The van der Waals surface area contributed by atoms with Gasteiger partial charge in [-0.3, -0.25) is 28.8 Å². The quantitative estimate of drug-likeness (QED) is 0.160. The number of primary amides is 3. The third kappa shape index (κ3) is 25.5. The Labute approximate surface area is 169 Å². The van der Waals surface area contributed by atoms with Crippen molar-refractivity contribution in [3.63, 3.8) is 0 Å². The number of carbonyl (C=O) groups excluding carboxylic acids is 3. The predicted octanol–water partition coefficient (Wildman–Crippen LogP) is -5.18. The molecule has 0 aromatic rings. The van der Waals surface area contributed by atoms with E-state index >= 15 is 0 Å². The minimum absolute atomic E-state index is 0. The number of aliphatic carboxylic acids is 3. The van der Waals surface area contributed by atoms with Crippen molar-refractivity contribution in [2.24, 2.45) is 34.4 Å². The minimum atomic E-state index is -1.21. The summed E-state index contributed by atoms with van der Waals surface area (Å²) in [6.07, 6.45) is -0.931. The van der Waals surface area contributed by atoms with Gasteiger partial charge in [0.2, 0.25) is 17.7 Å². The summed E-state index contributed by atoms with van der Waals surface area (Å²) in [6, 6.07) is -3.49. The maximum absolute atomic E-state index is 9.99. The number of hydrogen-bond acceptors (Lipinski definition) is 9. The molecule has 0 heterocycles. The number of hydrogen-bond donors (Lipinski definition) is 9. The van der Waals surface area contributed by atoms with Crippen molar-refractivity contribution in [3.8, 4) is 0 Å². The fourth-order valence-corrected chi connectivity index (χ4v) is 0.912. The number of nitrogens with two attached hydrogens (primary N) is 6. The topological polar surface area (TPSA) is 319 Å². The van der Waals surface area contributed by atoms with Crippen LogP contribution in [0.3, 0.4) is 0 Å². The Kier molecular flexibility index (Phi) is 20.7. The van der Waals surface area contributed by atoms with E-state index in [-0.39, 0.29) is 36.6 Å². The summed E-state index contributed by atoms with van der Waals surface area (Å²) in [4.78, 5) is 59.7. The van der Waals surface area contributed by atoms with Crippen molar-refractivity contribution in [2.45, 2.75) is 37.4 Å². The first-order valence-electron chi connectivity index (χ1n) is 6.91. The van der Waals surface area contributed by atoms with Gasteiger partial charge in [-0.15, -0.1) is 0 Å². The zero-order valence-corrected chi connectivity index (χ0v) is 15.8. The number of carbonyl (C=O) groups is 6. The molecule has 0 aromatic heterocycles. The van der Waals surface area contributed by atoms with Gasteiger partial charge in [0.15, 0.2) is 0 Å². The third-order valence-corrected chi connectivity index (χ3v) is 2.21. The first-order valence-corrected chi connectivity index (χ1v) is 6.91. The largest absolute Gasteiger partial charge is 0.480 e. The zero-order chi connectivity index (χ0) is 22.3. The zero-order valence-electron chi connectivity index (χ0n) is 14.5.